The van der Waals surface area contributed by atoms with Crippen LogP contribution >= 0.6 is 0 Å². The summed E-state index contributed by atoms with van der Waals surface area (Å²) in [6.45, 7) is 1.91. The van der Waals surface area contributed by atoms with E-state index in [9.17, 15) is 0 Å². The summed E-state index contributed by atoms with van der Waals surface area (Å²) in [5.74, 6) is 1.11. The van der Waals surface area contributed by atoms with Crippen LogP contribution < -0.4 is 11.1 Å². The highest BCUT2D eigenvalue weighted by Crippen LogP contribution is 2.34. The number of nitrogens with zero attached hydrogens (tertiary/aromatic N) is 4. The van der Waals surface area contributed by atoms with Gasteiger partial charge in [0, 0.05) is 25.8 Å². The normalized spacial score (nSPS) is 27.5. The first kappa shape index (κ1) is 16.3. The molecule has 2 aliphatic rings. The third kappa shape index (κ3) is 3.86. The number of aliphatic imine (C=N–C) groups is 1. The summed E-state index contributed by atoms with van der Waals surface area (Å²) >= 11 is 0. The lowest BCUT2D eigenvalue weighted by atomic mass is 9.87. The third-order valence-corrected chi connectivity index (χ3v) is 5.37. The zero-order chi connectivity index (χ0) is 16.2. The molecule has 23 heavy (non-hydrogen) atoms. The molecule has 0 spiro atoms. The molecule has 1 aliphatic carbocycles. The van der Waals surface area contributed by atoms with Crippen LogP contribution in [0.2, 0.25) is 0 Å². The van der Waals surface area contributed by atoms with Crippen molar-refractivity contribution in [3.63, 3.8) is 0 Å². The van der Waals surface area contributed by atoms with Gasteiger partial charge in [0.15, 0.2) is 5.96 Å². The molecular weight excluding hydrogens is 288 g/mol. The Balaban J connectivity index is 1.65. The van der Waals surface area contributed by atoms with Gasteiger partial charge in [-0.05, 0) is 51.3 Å². The molecule has 0 radical (unpaired) electrons. The summed E-state index contributed by atoms with van der Waals surface area (Å²) in [5.41, 5.74) is 7.38. The maximum absolute atomic E-state index is 6.11. The molecular formula is C17H30N6. The van der Waals surface area contributed by atoms with Crippen molar-refractivity contribution < 1.29 is 0 Å². The van der Waals surface area contributed by atoms with E-state index in [1.165, 1.54) is 44.2 Å². The molecule has 3 rings (SSSR count). The van der Waals surface area contributed by atoms with E-state index in [1.807, 2.05) is 17.9 Å². The number of aromatic nitrogens is 2. The fraction of sp³-hybridized carbons (Fsp3) is 0.765. The number of guanidine groups is 1. The highest BCUT2D eigenvalue weighted by atomic mass is 15.3. The predicted octanol–water partition coefficient (Wildman–Crippen LogP) is 1.65. The number of nitrogens with one attached hydrogen (secondary N) is 1. The Kier molecular flexibility index (Phi) is 5.20. The zero-order valence-electron chi connectivity index (χ0n) is 14.4. The lowest BCUT2D eigenvalue weighted by Crippen LogP contribution is -2.41. The minimum atomic E-state index is 0.374. The molecule has 0 bridgehead atoms. The highest BCUT2D eigenvalue weighted by Gasteiger charge is 2.32. The van der Waals surface area contributed by atoms with Crippen LogP contribution in [0.4, 0.5) is 0 Å². The van der Waals surface area contributed by atoms with E-state index in [0.29, 0.717) is 24.0 Å². The van der Waals surface area contributed by atoms with Crippen molar-refractivity contribution in [3.8, 4) is 0 Å². The summed E-state index contributed by atoms with van der Waals surface area (Å²) in [5, 5.41) is 7.73. The average Bonchev–Trinajstić information content (AvgIpc) is 3.17. The van der Waals surface area contributed by atoms with Crippen molar-refractivity contribution in [1.29, 1.82) is 0 Å². The maximum atomic E-state index is 6.11. The quantitative estimate of drug-likeness (QED) is 0.654. The van der Waals surface area contributed by atoms with Gasteiger partial charge in [0.2, 0.25) is 0 Å². The van der Waals surface area contributed by atoms with E-state index in [2.05, 4.69) is 33.4 Å². The molecule has 1 aliphatic heterocycles. The van der Waals surface area contributed by atoms with Crippen LogP contribution in [-0.4, -0.2) is 46.8 Å². The lowest BCUT2D eigenvalue weighted by molar-refractivity contribution is 0.119. The number of hydrogen-bond acceptors (Lipinski definition) is 3. The minimum absolute atomic E-state index is 0.374. The van der Waals surface area contributed by atoms with Crippen LogP contribution in [0.3, 0.4) is 0 Å². The second-order valence-electron chi connectivity index (χ2n) is 7.06. The molecule has 3 N–H and O–H groups in total. The monoisotopic (exact) mass is 318 g/mol. The van der Waals surface area contributed by atoms with E-state index < -0.39 is 0 Å². The van der Waals surface area contributed by atoms with Crippen LogP contribution in [-0.2, 0) is 7.05 Å². The van der Waals surface area contributed by atoms with E-state index in [-0.39, 0.29) is 0 Å². The molecule has 1 saturated carbocycles. The van der Waals surface area contributed by atoms with Gasteiger partial charge in [-0.25, -0.2) is 0 Å². The van der Waals surface area contributed by atoms with Crippen molar-refractivity contribution >= 4 is 5.96 Å². The van der Waals surface area contributed by atoms with Crippen LogP contribution in [0.25, 0.3) is 0 Å². The van der Waals surface area contributed by atoms with Crippen molar-refractivity contribution in [3.05, 3.63) is 18.0 Å². The van der Waals surface area contributed by atoms with Crippen molar-refractivity contribution in [2.75, 3.05) is 20.1 Å². The molecule has 0 unspecified atom stereocenters. The van der Waals surface area contributed by atoms with Crippen molar-refractivity contribution in [1.82, 2.24) is 20.0 Å². The number of piperidine rings is 1. The summed E-state index contributed by atoms with van der Waals surface area (Å²) in [6.07, 6.45) is 9.36. The van der Waals surface area contributed by atoms with Gasteiger partial charge in [0.1, 0.15) is 0 Å². The van der Waals surface area contributed by atoms with Crippen LogP contribution in [0.1, 0.15) is 50.3 Å². The second-order valence-corrected chi connectivity index (χ2v) is 7.06. The topological polar surface area (TPSA) is 71.5 Å². The molecule has 2 atom stereocenters. The Morgan fingerprint density at radius 3 is 2.78 bits per heavy atom. The largest absolute Gasteiger partial charge is 0.370 e. The molecule has 1 aromatic heterocycles. The van der Waals surface area contributed by atoms with Crippen molar-refractivity contribution in [2.45, 2.75) is 50.6 Å². The van der Waals surface area contributed by atoms with Gasteiger partial charge < -0.3 is 11.1 Å². The smallest absolute Gasteiger partial charge is 0.188 e. The van der Waals surface area contributed by atoms with Gasteiger partial charge in [-0.15, -0.1) is 0 Å². The van der Waals surface area contributed by atoms with Gasteiger partial charge >= 0.3 is 0 Å². The van der Waals surface area contributed by atoms with E-state index in [0.717, 1.165) is 13.1 Å². The summed E-state index contributed by atoms with van der Waals surface area (Å²) in [7, 11) is 4.22. The van der Waals surface area contributed by atoms with Crippen LogP contribution in [0, 0.1) is 5.92 Å². The van der Waals surface area contributed by atoms with E-state index in [4.69, 9.17) is 5.73 Å². The van der Waals surface area contributed by atoms with Gasteiger partial charge in [-0.1, -0.05) is 12.8 Å². The Morgan fingerprint density at radius 2 is 2.09 bits per heavy atom. The third-order valence-electron chi connectivity index (χ3n) is 5.37. The minimum Gasteiger partial charge on any atom is -0.370 e. The fourth-order valence-electron chi connectivity index (χ4n) is 4.13. The van der Waals surface area contributed by atoms with E-state index in [1.54, 1.807) is 0 Å². The standard InChI is InChI=1S/C17H30N6/c1-22-11-5-6-13(16(22)15-9-10-20-23(15)2)12-19-17(18)21-14-7-3-4-8-14/h9-10,13-14,16H,3-8,11-12H2,1-2H3,(H3,18,19,21)/t13-,16+/m0/s1. The number of likely N-dealkylation sites (tertiary alicyclic amines) is 1. The van der Waals surface area contributed by atoms with Crippen LogP contribution in [0.5, 0.6) is 0 Å². The first-order valence-electron chi connectivity index (χ1n) is 8.89. The Bertz CT molecular complexity index is 531. The first-order chi connectivity index (χ1) is 11.1. The maximum Gasteiger partial charge on any atom is 0.188 e. The number of hydrogen-bond donors (Lipinski definition) is 2. The predicted molar refractivity (Wildman–Crippen MR) is 93.2 cm³/mol. The SMILES string of the molecule is CN1CCC[C@@H](CN=C(N)NC2CCCC2)[C@@H]1c1ccnn1C. The van der Waals surface area contributed by atoms with Gasteiger partial charge in [0.25, 0.3) is 0 Å². The Hall–Kier alpha value is -1.56. The first-order valence-corrected chi connectivity index (χ1v) is 8.89. The van der Waals surface area contributed by atoms with Gasteiger partial charge in [-0.3, -0.25) is 14.6 Å². The van der Waals surface area contributed by atoms with Crippen LogP contribution in [0.15, 0.2) is 17.3 Å². The van der Waals surface area contributed by atoms with Crippen molar-refractivity contribution in [2.24, 2.45) is 23.7 Å². The van der Waals surface area contributed by atoms with E-state index >= 15 is 0 Å². The number of rotatable bonds is 4. The molecule has 1 saturated heterocycles. The van der Waals surface area contributed by atoms with Gasteiger partial charge in [-0.2, -0.15) is 5.10 Å². The highest BCUT2D eigenvalue weighted by molar-refractivity contribution is 5.78. The molecule has 1 aromatic rings. The molecule has 128 valence electrons. The molecule has 0 aromatic carbocycles. The number of nitrogens with two attached hydrogens (primary N) is 1. The number of aryl methyl sites for hydroxylation is 1. The molecule has 6 heteroatoms. The summed E-state index contributed by atoms with van der Waals surface area (Å²) < 4.78 is 1.99. The summed E-state index contributed by atoms with van der Waals surface area (Å²) in [4.78, 5) is 7.09. The molecule has 6 nitrogen and oxygen atoms in total. The zero-order valence-corrected chi connectivity index (χ0v) is 14.4. The second kappa shape index (κ2) is 7.34. The summed E-state index contributed by atoms with van der Waals surface area (Å²) in [6, 6.07) is 3.03. The molecule has 2 fully saturated rings. The average molecular weight is 318 g/mol. The fourth-order valence-corrected chi connectivity index (χ4v) is 4.13. The Morgan fingerprint density at radius 1 is 1.30 bits per heavy atom. The molecule has 2 heterocycles. The lowest BCUT2D eigenvalue weighted by Gasteiger charge is -2.38. The van der Waals surface area contributed by atoms with Gasteiger partial charge in [0.05, 0.1) is 11.7 Å². The molecule has 0 amide bonds. The Labute approximate surface area is 139 Å².